The first-order valence-electron chi connectivity index (χ1n) is 13.4. The topological polar surface area (TPSA) is 38.7 Å². The molecular weight excluding hydrogens is 432 g/mol. The highest BCUT2D eigenvalue weighted by atomic mass is 16.5. The van der Waals surface area contributed by atoms with Crippen molar-refractivity contribution in [1.82, 2.24) is 0 Å². The molecule has 3 aromatic rings. The molecule has 3 rings (SSSR count). The minimum Gasteiger partial charge on any atom is -0.508 e. The number of hydrogen-bond acceptors (Lipinski definition) is 3. The maximum absolute atomic E-state index is 11.2. The molecule has 0 aliphatic rings. The lowest BCUT2D eigenvalue weighted by molar-refractivity contribution is 0.0604. The lowest BCUT2D eigenvalue weighted by Crippen LogP contribution is -2.15. The van der Waals surface area contributed by atoms with Crippen LogP contribution in [0.15, 0.2) is 78.9 Å². The summed E-state index contributed by atoms with van der Waals surface area (Å²) in [5, 5.41) is 11.2. The first-order valence-corrected chi connectivity index (χ1v) is 13.4. The zero-order valence-corrected chi connectivity index (χ0v) is 21.5. The molecule has 3 nitrogen and oxygen atoms in total. The van der Waals surface area contributed by atoms with Gasteiger partial charge in [0.25, 0.3) is 0 Å². The van der Waals surface area contributed by atoms with Crippen LogP contribution in [0, 0.1) is 0 Å². The van der Waals surface area contributed by atoms with Crippen molar-refractivity contribution >= 4 is 0 Å². The first-order chi connectivity index (χ1) is 17.3. The molecule has 35 heavy (non-hydrogen) atoms. The normalized spacial score (nSPS) is 13.0. The van der Waals surface area contributed by atoms with Crippen LogP contribution in [0.4, 0.5) is 0 Å². The fourth-order valence-corrected chi connectivity index (χ4v) is 4.51. The van der Waals surface area contributed by atoms with E-state index in [-0.39, 0.29) is 18.0 Å². The third kappa shape index (κ3) is 8.23. The molecule has 1 N–H and O–H groups in total. The molecule has 0 radical (unpaired) electrons. The Balaban J connectivity index is 1.96. The van der Waals surface area contributed by atoms with Crippen molar-refractivity contribution in [3.8, 4) is 5.75 Å². The van der Waals surface area contributed by atoms with E-state index in [4.69, 9.17) is 9.47 Å². The second-order valence-electron chi connectivity index (χ2n) is 9.22. The van der Waals surface area contributed by atoms with Crippen molar-refractivity contribution in [2.75, 3.05) is 13.2 Å². The van der Waals surface area contributed by atoms with E-state index in [0.717, 1.165) is 41.5 Å². The van der Waals surface area contributed by atoms with Gasteiger partial charge in [0.15, 0.2) is 0 Å². The lowest BCUT2D eigenvalue weighted by Gasteiger charge is -2.27. The van der Waals surface area contributed by atoms with E-state index in [2.05, 4.69) is 44.2 Å². The van der Waals surface area contributed by atoms with Gasteiger partial charge < -0.3 is 14.6 Å². The summed E-state index contributed by atoms with van der Waals surface area (Å²) in [4.78, 5) is 0. The van der Waals surface area contributed by atoms with E-state index in [1.54, 1.807) is 6.07 Å². The van der Waals surface area contributed by atoms with Gasteiger partial charge in [-0.15, -0.1) is 0 Å². The van der Waals surface area contributed by atoms with Crippen LogP contribution in [-0.4, -0.2) is 18.3 Å². The summed E-state index contributed by atoms with van der Waals surface area (Å²) < 4.78 is 13.0. The molecule has 0 spiro atoms. The Morgan fingerprint density at radius 3 is 1.63 bits per heavy atom. The van der Waals surface area contributed by atoms with E-state index in [9.17, 15) is 5.11 Å². The average Bonchev–Trinajstić information content (AvgIpc) is 2.90. The van der Waals surface area contributed by atoms with Crippen LogP contribution in [0.3, 0.4) is 0 Å². The van der Waals surface area contributed by atoms with Gasteiger partial charge in [-0.2, -0.15) is 0 Å². The highest BCUT2D eigenvalue weighted by molar-refractivity contribution is 5.48. The maximum Gasteiger partial charge on any atom is 0.122 e. The fraction of sp³-hybridized carbons (Fsp3) is 0.438. The predicted octanol–water partition coefficient (Wildman–Crippen LogP) is 8.76. The number of phenolic OH excluding ortho intramolecular Hbond substituents is 1. The van der Waals surface area contributed by atoms with Gasteiger partial charge >= 0.3 is 0 Å². The lowest BCUT2D eigenvalue weighted by atomic mass is 9.90. The third-order valence-corrected chi connectivity index (χ3v) is 6.43. The highest BCUT2D eigenvalue weighted by Crippen LogP contribution is 2.40. The molecule has 2 atom stereocenters. The highest BCUT2D eigenvalue weighted by Gasteiger charge is 2.27. The molecule has 0 aliphatic heterocycles. The summed E-state index contributed by atoms with van der Waals surface area (Å²) in [7, 11) is 0. The van der Waals surface area contributed by atoms with Gasteiger partial charge in [-0.25, -0.2) is 0 Å². The molecule has 0 fully saturated rings. The van der Waals surface area contributed by atoms with Gasteiger partial charge in [-0.3, -0.25) is 0 Å². The van der Waals surface area contributed by atoms with Gasteiger partial charge in [0.05, 0.1) is 0 Å². The van der Waals surface area contributed by atoms with E-state index in [0.29, 0.717) is 13.2 Å². The van der Waals surface area contributed by atoms with Crippen LogP contribution in [0.5, 0.6) is 5.75 Å². The van der Waals surface area contributed by atoms with Crippen molar-refractivity contribution in [2.45, 2.75) is 77.4 Å². The van der Waals surface area contributed by atoms with Crippen molar-refractivity contribution in [1.29, 1.82) is 0 Å². The largest absolute Gasteiger partial charge is 0.508 e. The third-order valence-electron chi connectivity index (χ3n) is 6.43. The number of ether oxygens (including phenoxy) is 2. The fourth-order valence-electron chi connectivity index (χ4n) is 4.51. The summed E-state index contributed by atoms with van der Waals surface area (Å²) >= 11 is 0. The molecule has 0 saturated carbocycles. The Hall–Kier alpha value is -2.62. The quantitative estimate of drug-likeness (QED) is 0.211. The monoisotopic (exact) mass is 474 g/mol. The Bertz CT molecular complexity index is 955. The van der Waals surface area contributed by atoms with Gasteiger partial charge in [-0.05, 0) is 35.6 Å². The summed E-state index contributed by atoms with van der Waals surface area (Å²) in [6, 6.07) is 26.3. The summed E-state index contributed by atoms with van der Waals surface area (Å²) in [6.07, 6.45) is 8.56. The zero-order chi connectivity index (χ0) is 24.7. The van der Waals surface area contributed by atoms with Crippen LogP contribution in [0.25, 0.3) is 0 Å². The SMILES string of the molecule is CCCCCCOC(c1ccccc1)c1cccc(O)c1C(OCCCCCC)c1ccccc1. The Kier molecular flexibility index (Phi) is 11.9. The number of aromatic hydroxyl groups is 1. The number of benzene rings is 3. The Morgan fingerprint density at radius 1 is 0.571 bits per heavy atom. The van der Waals surface area contributed by atoms with Crippen molar-refractivity contribution < 1.29 is 14.6 Å². The van der Waals surface area contributed by atoms with Crippen molar-refractivity contribution in [3.05, 3.63) is 101 Å². The maximum atomic E-state index is 11.2. The van der Waals surface area contributed by atoms with E-state index in [1.807, 2.05) is 42.5 Å². The zero-order valence-electron chi connectivity index (χ0n) is 21.5. The second-order valence-corrected chi connectivity index (χ2v) is 9.22. The molecule has 3 aromatic carbocycles. The first kappa shape index (κ1) is 27.0. The molecule has 0 aromatic heterocycles. The number of hydrogen-bond donors (Lipinski definition) is 1. The van der Waals surface area contributed by atoms with Gasteiger partial charge in [-0.1, -0.05) is 125 Å². The average molecular weight is 475 g/mol. The Labute approximate surface area is 212 Å². The van der Waals surface area contributed by atoms with Gasteiger partial charge in [0.2, 0.25) is 0 Å². The van der Waals surface area contributed by atoms with Gasteiger partial charge in [0.1, 0.15) is 18.0 Å². The molecule has 188 valence electrons. The molecular formula is C32H42O3. The standard InChI is InChI=1S/C32H42O3/c1-3-5-7-15-24-34-31(26-18-11-9-12-19-26)28-22-17-23-29(33)30(28)32(27-20-13-10-14-21-27)35-25-16-8-6-4-2/h9-14,17-23,31-33H,3-8,15-16,24-25H2,1-2H3. The summed E-state index contributed by atoms with van der Waals surface area (Å²) in [5.74, 6) is 0.250. The minimum atomic E-state index is -0.357. The van der Waals surface area contributed by atoms with Gasteiger partial charge in [0, 0.05) is 18.8 Å². The number of unbranched alkanes of at least 4 members (excludes halogenated alkanes) is 6. The van der Waals surface area contributed by atoms with Crippen LogP contribution in [0.2, 0.25) is 0 Å². The second kappa shape index (κ2) is 15.4. The summed E-state index contributed by atoms with van der Waals surface area (Å²) in [5.41, 5.74) is 3.90. The predicted molar refractivity (Wildman–Crippen MR) is 145 cm³/mol. The number of rotatable bonds is 16. The van der Waals surface area contributed by atoms with Crippen LogP contribution in [0.1, 0.15) is 99.7 Å². The molecule has 0 saturated heterocycles. The van der Waals surface area contributed by atoms with E-state index >= 15 is 0 Å². The van der Waals surface area contributed by atoms with E-state index in [1.165, 1.54) is 32.1 Å². The molecule has 3 heteroatoms. The van der Waals surface area contributed by atoms with Crippen molar-refractivity contribution in [3.63, 3.8) is 0 Å². The smallest absolute Gasteiger partial charge is 0.122 e. The summed E-state index contributed by atoms with van der Waals surface area (Å²) in [6.45, 7) is 5.77. The molecule has 0 heterocycles. The van der Waals surface area contributed by atoms with Crippen LogP contribution >= 0.6 is 0 Å². The Morgan fingerprint density at radius 2 is 1.09 bits per heavy atom. The van der Waals surface area contributed by atoms with Crippen LogP contribution in [-0.2, 0) is 9.47 Å². The molecule has 2 unspecified atom stereocenters. The van der Waals surface area contributed by atoms with E-state index < -0.39 is 0 Å². The molecule has 0 aliphatic carbocycles. The van der Waals surface area contributed by atoms with Crippen LogP contribution < -0.4 is 0 Å². The minimum absolute atomic E-state index is 0.250. The van der Waals surface area contributed by atoms with Crippen molar-refractivity contribution in [2.24, 2.45) is 0 Å². The molecule has 0 amide bonds. The number of phenols is 1. The molecule has 0 bridgehead atoms.